The number of aryl methyl sites for hydroxylation is 2. The number of piperazine rings is 1. The number of ether oxygens (including phenoxy) is 1. The number of nitrogens with zero attached hydrogens (tertiary/aromatic N) is 2. The third-order valence-corrected chi connectivity index (χ3v) is 6.94. The van der Waals surface area contributed by atoms with Gasteiger partial charge in [0.15, 0.2) is 0 Å². The maximum Gasteiger partial charge on any atom is 0.264 e. The van der Waals surface area contributed by atoms with Gasteiger partial charge in [-0.3, -0.25) is 4.79 Å². The molecule has 0 spiro atoms. The van der Waals surface area contributed by atoms with Gasteiger partial charge in [0, 0.05) is 36.7 Å². The van der Waals surface area contributed by atoms with E-state index in [1.165, 1.54) is 41.8 Å². The molecule has 0 bridgehead atoms. The fraction of sp³-hybridized carbons (Fsp3) is 0.500. The molecule has 1 aromatic carbocycles. The largest absolute Gasteiger partial charge is 0.497 e. The van der Waals surface area contributed by atoms with Crippen LogP contribution in [0.5, 0.6) is 5.75 Å². The van der Waals surface area contributed by atoms with Crippen molar-refractivity contribution in [3.8, 4) is 5.75 Å². The van der Waals surface area contributed by atoms with Crippen molar-refractivity contribution >= 4 is 22.9 Å². The van der Waals surface area contributed by atoms with E-state index in [-0.39, 0.29) is 5.91 Å². The molecule has 0 unspecified atom stereocenters. The number of hydrogen-bond acceptors (Lipinski definition) is 4. The Morgan fingerprint density at radius 1 is 0.963 bits per heavy atom. The van der Waals surface area contributed by atoms with Gasteiger partial charge in [0.05, 0.1) is 12.0 Å². The van der Waals surface area contributed by atoms with E-state index in [1.54, 1.807) is 18.4 Å². The highest BCUT2D eigenvalue weighted by molar-refractivity contribution is 7.14. The van der Waals surface area contributed by atoms with Gasteiger partial charge in [0.2, 0.25) is 0 Å². The molecule has 4 rings (SSSR count). The van der Waals surface area contributed by atoms with Gasteiger partial charge in [-0.25, -0.2) is 0 Å². The number of methoxy groups -OCH3 is 1. The van der Waals surface area contributed by atoms with Crippen LogP contribution < -0.4 is 9.64 Å². The molecule has 1 aliphatic heterocycles. The molecule has 0 N–H and O–H groups in total. The summed E-state index contributed by atoms with van der Waals surface area (Å²) in [4.78, 5) is 19.8. The number of rotatable bonds is 3. The summed E-state index contributed by atoms with van der Waals surface area (Å²) in [5, 5.41) is 0. The highest BCUT2D eigenvalue weighted by Crippen LogP contribution is 2.30. The number of hydrogen-bond donors (Lipinski definition) is 0. The number of carbonyl (C=O) groups is 1. The zero-order chi connectivity index (χ0) is 18.6. The highest BCUT2D eigenvalue weighted by atomic mass is 32.1. The van der Waals surface area contributed by atoms with Crippen LogP contribution in [0.25, 0.3) is 0 Å². The van der Waals surface area contributed by atoms with Gasteiger partial charge in [-0.05, 0) is 61.6 Å². The lowest BCUT2D eigenvalue weighted by molar-refractivity contribution is 0.0751. The summed E-state index contributed by atoms with van der Waals surface area (Å²) in [6, 6.07) is 10.4. The first-order chi connectivity index (χ1) is 13.2. The quantitative estimate of drug-likeness (QED) is 0.787. The van der Waals surface area contributed by atoms with E-state index in [0.717, 1.165) is 49.6 Å². The van der Waals surface area contributed by atoms with Gasteiger partial charge >= 0.3 is 0 Å². The number of benzene rings is 1. The molecular formula is C22H28N2O2S. The first kappa shape index (κ1) is 18.4. The number of thiophene rings is 1. The van der Waals surface area contributed by atoms with Crippen molar-refractivity contribution < 1.29 is 9.53 Å². The van der Waals surface area contributed by atoms with Crippen LogP contribution in [0.2, 0.25) is 0 Å². The molecule has 2 heterocycles. The predicted molar refractivity (Wildman–Crippen MR) is 111 cm³/mol. The second kappa shape index (κ2) is 8.34. The summed E-state index contributed by atoms with van der Waals surface area (Å²) in [5.41, 5.74) is 2.63. The van der Waals surface area contributed by atoms with E-state index in [9.17, 15) is 4.79 Å². The Morgan fingerprint density at radius 3 is 2.37 bits per heavy atom. The second-order valence-corrected chi connectivity index (χ2v) is 8.59. The van der Waals surface area contributed by atoms with Crippen molar-refractivity contribution in [2.45, 2.75) is 38.5 Å². The molecular weight excluding hydrogens is 356 g/mol. The van der Waals surface area contributed by atoms with Crippen LogP contribution in [-0.4, -0.2) is 44.1 Å². The summed E-state index contributed by atoms with van der Waals surface area (Å²) >= 11 is 1.74. The molecule has 4 nitrogen and oxygen atoms in total. The Hall–Kier alpha value is -2.01. The summed E-state index contributed by atoms with van der Waals surface area (Å²) in [5.74, 6) is 1.10. The first-order valence-electron chi connectivity index (χ1n) is 10.0. The SMILES string of the molecule is COc1ccc(N2CCN(C(=O)c3cc4c(s3)CCCCCC4)CC2)cc1. The Kier molecular flexibility index (Phi) is 5.67. The Bertz CT molecular complexity index is 751. The molecule has 1 amide bonds. The molecule has 0 saturated carbocycles. The van der Waals surface area contributed by atoms with E-state index in [2.05, 4.69) is 23.1 Å². The predicted octanol–water partition coefficient (Wildman–Crippen LogP) is 4.38. The number of anilines is 1. The van der Waals surface area contributed by atoms with Crippen molar-refractivity contribution in [3.63, 3.8) is 0 Å². The second-order valence-electron chi connectivity index (χ2n) is 7.45. The standard InChI is InChI=1S/C22H28N2O2S/c1-26-19-10-8-18(9-11-19)23-12-14-24(15-13-23)22(25)21-16-17-6-4-2-3-5-7-20(17)27-21/h8-11,16H,2-7,12-15H2,1H3. The average Bonchev–Trinajstić information content (AvgIpc) is 3.09. The lowest BCUT2D eigenvalue weighted by atomic mass is 10.00. The van der Waals surface area contributed by atoms with Gasteiger partial charge < -0.3 is 14.5 Å². The third-order valence-electron chi connectivity index (χ3n) is 5.71. The van der Waals surface area contributed by atoms with Gasteiger partial charge in [0.1, 0.15) is 5.75 Å². The molecule has 1 saturated heterocycles. The van der Waals surface area contributed by atoms with Crippen molar-refractivity contribution in [3.05, 3.63) is 45.6 Å². The van der Waals surface area contributed by atoms with E-state index >= 15 is 0 Å². The molecule has 2 aromatic rings. The first-order valence-corrected chi connectivity index (χ1v) is 10.9. The number of amides is 1. The molecule has 1 fully saturated rings. The molecule has 2 aliphatic rings. The van der Waals surface area contributed by atoms with Crippen LogP contribution in [-0.2, 0) is 12.8 Å². The van der Waals surface area contributed by atoms with Crippen LogP contribution in [0, 0.1) is 0 Å². The molecule has 0 atom stereocenters. The fourth-order valence-corrected chi connectivity index (χ4v) is 5.29. The van der Waals surface area contributed by atoms with Gasteiger partial charge in [-0.15, -0.1) is 11.3 Å². The summed E-state index contributed by atoms with van der Waals surface area (Å²) in [7, 11) is 1.69. The summed E-state index contributed by atoms with van der Waals surface area (Å²) in [6.07, 6.45) is 7.47. The number of fused-ring (bicyclic) bond motifs is 1. The van der Waals surface area contributed by atoms with Crippen LogP contribution in [0.15, 0.2) is 30.3 Å². The van der Waals surface area contributed by atoms with E-state index < -0.39 is 0 Å². The van der Waals surface area contributed by atoms with E-state index in [0.29, 0.717) is 0 Å². The minimum atomic E-state index is 0.223. The molecule has 1 aliphatic carbocycles. The van der Waals surface area contributed by atoms with Crippen LogP contribution in [0.1, 0.15) is 45.8 Å². The maximum atomic E-state index is 13.0. The van der Waals surface area contributed by atoms with E-state index in [1.807, 2.05) is 17.0 Å². The zero-order valence-corrected chi connectivity index (χ0v) is 16.9. The number of carbonyl (C=O) groups excluding carboxylic acids is 1. The maximum absolute atomic E-state index is 13.0. The molecule has 27 heavy (non-hydrogen) atoms. The minimum Gasteiger partial charge on any atom is -0.497 e. The Morgan fingerprint density at radius 2 is 1.67 bits per heavy atom. The van der Waals surface area contributed by atoms with Crippen molar-refractivity contribution in [2.75, 3.05) is 38.2 Å². The Balaban J connectivity index is 1.39. The lowest BCUT2D eigenvalue weighted by Crippen LogP contribution is -2.48. The molecule has 144 valence electrons. The van der Waals surface area contributed by atoms with Crippen molar-refractivity contribution in [1.29, 1.82) is 0 Å². The molecule has 5 heteroatoms. The van der Waals surface area contributed by atoms with Gasteiger partial charge in [-0.1, -0.05) is 12.8 Å². The summed E-state index contributed by atoms with van der Waals surface area (Å²) < 4.78 is 5.23. The normalized spacial score (nSPS) is 17.8. The fourth-order valence-electron chi connectivity index (χ4n) is 4.07. The van der Waals surface area contributed by atoms with Gasteiger partial charge in [-0.2, -0.15) is 0 Å². The topological polar surface area (TPSA) is 32.8 Å². The molecule has 0 radical (unpaired) electrons. The van der Waals surface area contributed by atoms with Crippen molar-refractivity contribution in [1.82, 2.24) is 4.90 Å². The minimum absolute atomic E-state index is 0.223. The van der Waals surface area contributed by atoms with Crippen LogP contribution >= 0.6 is 11.3 Å². The van der Waals surface area contributed by atoms with Gasteiger partial charge in [0.25, 0.3) is 5.91 Å². The summed E-state index contributed by atoms with van der Waals surface area (Å²) in [6.45, 7) is 3.33. The van der Waals surface area contributed by atoms with Crippen LogP contribution in [0.3, 0.4) is 0 Å². The third kappa shape index (κ3) is 4.13. The lowest BCUT2D eigenvalue weighted by Gasteiger charge is -2.36. The monoisotopic (exact) mass is 384 g/mol. The van der Waals surface area contributed by atoms with Crippen molar-refractivity contribution in [2.24, 2.45) is 0 Å². The smallest absolute Gasteiger partial charge is 0.264 e. The van der Waals surface area contributed by atoms with Crippen LogP contribution in [0.4, 0.5) is 5.69 Å². The Labute approximate surface area is 165 Å². The zero-order valence-electron chi connectivity index (χ0n) is 16.1. The molecule has 1 aromatic heterocycles. The highest BCUT2D eigenvalue weighted by Gasteiger charge is 2.24. The van der Waals surface area contributed by atoms with E-state index in [4.69, 9.17) is 4.74 Å². The average molecular weight is 385 g/mol.